The van der Waals surface area contributed by atoms with E-state index in [1.165, 1.54) is 11.8 Å². The van der Waals surface area contributed by atoms with Crippen molar-refractivity contribution in [1.29, 1.82) is 0 Å². The van der Waals surface area contributed by atoms with Crippen LogP contribution in [0.5, 0.6) is 0 Å². The van der Waals surface area contributed by atoms with E-state index in [0.717, 1.165) is 16.3 Å². The second-order valence-electron chi connectivity index (χ2n) is 6.34. The first-order chi connectivity index (χ1) is 12.9. The average molecular weight is 413 g/mol. The zero-order valence-corrected chi connectivity index (χ0v) is 16.1. The summed E-state index contributed by atoms with van der Waals surface area (Å²) in [5, 5.41) is 49.2. The summed E-state index contributed by atoms with van der Waals surface area (Å²) in [4.78, 5) is 0. The van der Waals surface area contributed by atoms with Gasteiger partial charge in [-0.1, -0.05) is 23.7 Å². The molecule has 146 valence electrons. The molecule has 0 amide bonds. The smallest absolute Gasteiger partial charge is 0.119 e. The van der Waals surface area contributed by atoms with Crippen LogP contribution in [0.25, 0.3) is 0 Å². The van der Waals surface area contributed by atoms with Gasteiger partial charge in [0.25, 0.3) is 0 Å². The molecule has 2 heterocycles. The predicted molar refractivity (Wildman–Crippen MR) is 101 cm³/mol. The number of aromatic nitrogens is 2. The number of aliphatic hydroxyl groups is 4. The highest BCUT2D eigenvalue weighted by atomic mass is 35.5. The Morgan fingerprint density at radius 3 is 2.48 bits per heavy atom. The van der Waals surface area contributed by atoms with E-state index >= 15 is 0 Å². The van der Waals surface area contributed by atoms with Crippen LogP contribution in [0, 0.1) is 0 Å². The van der Waals surface area contributed by atoms with Crippen LogP contribution in [0.15, 0.2) is 35.4 Å². The standard InChI is InChI=1S/C18H21ClN2O5S/c1-27-14-5-3-11(20-21-14)7-10-6-9(2-4-12(10)19)18-17(25)16(24)15(23)13(8-22)26-18/h2-6,13,15-18,22-25H,7-8H2,1H3/t13?,15?,16-,17+,18-/m0/s1. The quantitative estimate of drug-likeness (QED) is 0.536. The van der Waals surface area contributed by atoms with Crippen molar-refractivity contribution in [3.63, 3.8) is 0 Å². The molecule has 1 aliphatic rings. The van der Waals surface area contributed by atoms with Crippen molar-refractivity contribution in [1.82, 2.24) is 10.2 Å². The van der Waals surface area contributed by atoms with E-state index < -0.39 is 37.1 Å². The number of hydrogen-bond donors (Lipinski definition) is 4. The number of thioether (sulfide) groups is 1. The first kappa shape index (κ1) is 20.5. The summed E-state index contributed by atoms with van der Waals surface area (Å²) in [7, 11) is 0. The molecule has 1 fully saturated rings. The van der Waals surface area contributed by atoms with Gasteiger partial charge in [-0.25, -0.2) is 0 Å². The maximum Gasteiger partial charge on any atom is 0.119 e. The summed E-state index contributed by atoms with van der Waals surface area (Å²) in [5.41, 5.74) is 2.08. The Morgan fingerprint density at radius 2 is 1.85 bits per heavy atom. The van der Waals surface area contributed by atoms with Gasteiger partial charge in [0.2, 0.25) is 0 Å². The van der Waals surface area contributed by atoms with Crippen LogP contribution in [0.1, 0.15) is 22.9 Å². The molecular formula is C18H21ClN2O5S. The number of nitrogens with zero attached hydrogens (tertiary/aromatic N) is 2. The van der Waals surface area contributed by atoms with E-state index in [2.05, 4.69) is 10.2 Å². The molecule has 1 aromatic heterocycles. The largest absolute Gasteiger partial charge is 0.394 e. The second kappa shape index (κ2) is 8.83. The predicted octanol–water partition coefficient (Wildman–Crippen LogP) is 0.958. The van der Waals surface area contributed by atoms with Crippen LogP contribution in [-0.2, 0) is 11.2 Å². The highest BCUT2D eigenvalue weighted by Crippen LogP contribution is 2.34. The third-order valence-corrected chi connectivity index (χ3v) is 5.57. The fourth-order valence-electron chi connectivity index (χ4n) is 3.03. The molecule has 9 heteroatoms. The van der Waals surface area contributed by atoms with Crippen LogP contribution < -0.4 is 0 Å². The minimum atomic E-state index is -1.43. The highest BCUT2D eigenvalue weighted by molar-refractivity contribution is 7.98. The van der Waals surface area contributed by atoms with E-state index in [-0.39, 0.29) is 0 Å². The molecular weight excluding hydrogens is 392 g/mol. The number of rotatable bonds is 5. The molecule has 3 rings (SSSR count). The van der Waals surface area contributed by atoms with Crippen LogP contribution in [0.4, 0.5) is 0 Å². The van der Waals surface area contributed by atoms with Gasteiger partial charge in [-0.15, -0.1) is 16.9 Å². The molecule has 0 radical (unpaired) electrons. The second-order valence-corrected chi connectivity index (χ2v) is 7.58. The zero-order chi connectivity index (χ0) is 19.6. The minimum absolute atomic E-state index is 0.436. The van der Waals surface area contributed by atoms with Crippen LogP contribution >= 0.6 is 23.4 Å². The Balaban J connectivity index is 1.85. The Kier molecular flexibility index (Phi) is 6.69. The summed E-state index contributed by atoms with van der Waals surface area (Å²) in [6, 6.07) is 8.87. The first-order valence-electron chi connectivity index (χ1n) is 8.40. The molecule has 0 bridgehead atoms. The van der Waals surface area contributed by atoms with Crippen molar-refractivity contribution in [3.05, 3.63) is 52.2 Å². The molecule has 1 aliphatic heterocycles. The van der Waals surface area contributed by atoms with Crippen molar-refractivity contribution < 1.29 is 25.2 Å². The molecule has 0 saturated carbocycles. The molecule has 0 aliphatic carbocycles. The van der Waals surface area contributed by atoms with E-state index in [4.69, 9.17) is 16.3 Å². The average Bonchev–Trinajstić information content (AvgIpc) is 2.69. The lowest BCUT2D eigenvalue weighted by Gasteiger charge is -2.40. The van der Waals surface area contributed by atoms with Gasteiger partial charge < -0.3 is 25.2 Å². The van der Waals surface area contributed by atoms with Gasteiger partial charge >= 0.3 is 0 Å². The third-order valence-electron chi connectivity index (χ3n) is 4.57. The molecule has 27 heavy (non-hydrogen) atoms. The third kappa shape index (κ3) is 4.43. The first-order valence-corrected chi connectivity index (χ1v) is 10.00. The fraction of sp³-hybridized carbons (Fsp3) is 0.444. The van der Waals surface area contributed by atoms with Crippen LogP contribution in [-0.4, -0.2) is 67.9 Å². The number of halogens is 1. The Hall–Kier alpha value is -1.26. The lowest BCUT2D eigenvalue weighted by molar-refractivity contribution is -0.231. The maximum atomic E-state index is 10.3. The zero-order valence-electron chi connectivity index (χ0n) is 14.6. The summed E-state index contributed by atoms with van der Waals surface area (Å²) in [6.45, 7) is -0.473. The molecule has 1 saturated heterocycles. The number of ether oxygens (including phenoxy) is 1. The van der Waals surface area contributed by atoms with Crippen molar-refractivity contribution in [2.24, 2.45) is 0 Å². The number of hydrogen-bond acceptors (Lipinski definition) is 8. The lowest BCUT2D eigenvalue weighted by atomic mass is 9.90. The van der Waals surface area contributed by atoms with Crippen molar-refractivity contribution in [2.75, 3.05) is 12.9 Å². The lowest BCUT2D eigenvalue weighted by Crippen LogP contribution is -2.55. The van der Waals surface area contributed by atoms with Crippen molar-refractivity contribution in [3.8, 4) is 0 Å². The van der Waals surface area contributed by atoms with Crippen molar-refractivity contribution in [2.45, 2.75) is 42.0 Å². The summed E-state index contributed by atoms with van der Waals surface area (Å²) in [6.07, 6.45) is -3.66. The minimum Gasteiger partial charge on any atom is -0.394 e. The Morgan fingerprint density at radius 1 is 1.07 bits per heavy atom. The van der Waals surface area contributed by atoms with Crippen LogP contribution in [0.3, 0.4) is 0 Å². The molecule has 2 aromatic rings. The SMILES string of the molecule is CSc1ccc(Cc2cc([C@@H]3OC(CO)C(O)[C@H](O)[C@H]3O)ccc2Cl)nn1. The molecule has 4 N–H and O–H groups in total. The number of aliphatic hydroxyl groups excluding tert-OH is 4. The Bertz CT molecular complexity index is 777. The van der Waals surface area contributed by atoms with E-state index in [1.807, 2.05) is 18.4 Å². The van der Waals surface area contributed by atoms with Gasteiger partial charge in [-0.05, 0) is 35.6 Å². The fourth-order valence-corrected chi connectivity index (χ4v) is 3.54. The van der Waals surface area contributed by atoms with Gasteiger partial charge in [0.05, 0.1) is 12.3 Å². The van der Waals surface area contributed by atoms with Gasteiger partial charge in [0, 0.05) is 11.4 Å². The molecule has 7 nitrogen and oxygen atoms in total. The monoisotopic (exact) mass is 412 g/mol. The Labute approximate surface area is 166 Å². The van der Waals surface area contributed by atoms with Gasteiger partial charge in [-0.3, -0.25) is 0 Å². The van der Waals surface area contributed by atoms with E-state index in [1.54, 1.807) is 18.2 Å². The maximum absolute atomic E-state index is 10.3. The topological polar surface area (TPSA) is 116 Å². The van der Waals surface area contributed by atoms with Gasteiger partial charge in [0.15, 0.2) is 0 Å². The summed E-state index contributed by atoms with van der Waals surface area (Å²) >= 11 is 7.81. The normalized spacial score (nSPS) is 28.3. The summed E-state index contributed by atoms with van der Waals surface area (Å²) in [5.74, 6) is 0. The van der Waals surface area contributed by atoms with E-state index in [0.29, 0.717) is 17.0 Å². The van der Waals surface area contributed by atoms with Crippen molar-refractivity contribution >= 4 is 23.4 Å². The van der Waals surface area contributed by atoms with Crippen LogP contribution in [0.2, 0.25) is 5.02 Å². The van der Waals surface area contributed by atoms with Gasteiger partial charge in [0.1, 0.15) is 35.5 Å². The molecule has 0 spiro atoms. The van der Waals surface area contributed by atoms with Gasteiger partial charge in [-0.2, -0.15) is 5.10 Å². The number of benzene rings is 1. The summed E-state index contributed by atoms with van der Waals surface area (Å²) < 4.78 is 5.61. The molecule has 2 unspecified atom stereocenters. The van der Waals surface area contributed by atoms with E-state index in [9.17, 15) is 20.4 Å². The molecule has 5 atom stereocenters. The highest BCUT2D eigenvalue weighted by Gasteiger charge is 2.44. The molecule has 1 aromatic carbocycles.